The lowest BCUT2D eigenvalue weighted by Crippen LogP contribution is -2.57. The fraction of sp³-hybridized carbons (Fsp3) is 0.607. The standard InChI is InChI=1S/C28H39N5O6/c1-17(29-2)25(35)32-21-10-4-3-9-20-13-14-22(33(20)28(21)38)26(36)30-16-18-7-5-8-19(15-18)31-27(37)23-11-6-12-24(34)39-23/h5,7-8,15,17,20-23,29H,3-4,6,9-14,16H2,1-2H3,(H,30,36)(H,31,37)(H,32,35)/t17?,20-,21-,22-,23?/m0/s1. The minimum atomic E-state index is -0.796. The zero-order valence-electron chi connectivity index (χ0n) is 22.7. The minimum absolute atomic E-state index is 0.0119. The minimum Gasteiger partial charge on any atom is -0.452 e. The Morgan fingerprint density at radius 1 is 1.03 bits per heavy atom. The highest BCUT2D eigenvalue weighted by Gasteiger charge is 2.43. The molecule has 3 saturated heterocycles. The van der Waals surface area contributed by atoms with E-state index in [9.17, 15) is 24.0 Å². The molecule has 0 spiro atoms. The summed E-state index contributed by atoms with van der Waals surface area (Å²) in [6, 6.07) is 5.43. The Labute approximate surface area is 228 Å². The average molecular weight is 542 g/mol. The van der Waals surface area contributed by atoms with Gasteiger partial charge in [-0.15, -0.1) is 0 Å². The van der Waals surface area contributed by atoms with Gasteiger partial charge in [-0.3, -0.25) is 24.0 Å². The summed E-state index contributed by atoms with van der Waals surface area (Å²) < 4.78 is 5.13. The predicted octanol–water partition coefficient (Wildman–Crippen LogP) is 1.36. The number of nitrogens with one attached hydrogen (secondary N) is 4. The number of esters is 1. The number of anilines is 1. The van der Waals surface area contributed by atoms with Gasteiger partial charge in [-0.2, -0.15) is 0 Å². The van der Waals surface area contributed by atoms with Gasteiger partial charge in [0, 0.05) is 24.7 Å². The molecule has 0 bridgehead atoms. The Bertz CT molecular complexity index is 1090. The molecule has 3 aliphatic rings. The quantitative estimate of drug-likeness (QED) is 0.364. The molecule has 3 heterocycles. The Kier molecular flexibility index (Phi) is 9.55. The maximum absolute atomic E-state index is 13.6. The SMILES string of the molecule is CNC(C)C(=O)N[C@H]1CCCC[C@H]2CC[C@@H](C(=O)NCc3cccc(NC(=O)C4CCCC(=O)O4)c3)N2C1=O. The number of nitrogens with zero attached hydrogens (tertiary/aromatic N) is 1. The monoisotopic (exact) mass is 541 g/mol. The van der Waals surface area contributed by atoms with Crippen molar-refractivity contribution in [3.8, 4) is 0 Å². The molecule has 3 aliphatic heterocycles. The number of amides is 4. The summed E-state index contributed by atoms with van der Waals surface area (Å²) in [5.41, 5.74) is 1.32. The molecule has 11 nitrogen and oxygen atoms in total. The smallest absolute Gasteiger partial charge is 0.306 e. The predicted molar refractivity (Wildman–Crippen MR) is 143 cm³/mol. The molecule has 1 aromatic rings. The fourth-order valence-corrected chi connectivity index (χ4v) is 5.53. The molecule has 212 valence electrons. The van der Waals surface area contributed by atoms with E-state index in [4.69, 9.17) is 4.74 Å². The number of carbonyl (C=O) groups is 5. The average Bonchev–Trinajstić information content (AvgIpc) is 3.35. The molecule has 0 radical (unpaired) electrons. The number of rotatable bonds is 8. The lowest BCUT2D eigenvalue weighted by atomic mass is 9.98. The van der Waals surface area contributed by atoms with Gasteiger partial charge >= 0.3 is 5.97 Å². The van der Waals surface area contributed by atoms with E-state index in [1.807, 2.05) is 6.07 Å². The number of likely N-dealkylation sites (N-methyl/N-ethyl adjacent to an activating group) is 1. The number of carbonyl (C=O) groups excluding carboxylic acids is 5. The molecule has 4 N–H and O–H groups in total. The van der Waals surface area contributed by atoms with Crippen molar-refractivity contribution >= 4 is 35.3 Å². The first-order valence-corrected chi connectivity index (χ1v) is 13.9. The number of benzene rings is 1. The van der Waals surface area contributed by atoms with Crippen molar-refractivity contribution in [2.45, 2.75) is 102 Å². The van der Waals surface area contributed by atoms with Gasteiger partial charge in [0.1, 0.15) is 12.1 Å². The molecule has 0 aromatic heterocycles. The van der Waals surface area contributed by atoms with E-state index in [-0.39, 0.29) is 42.2 Å². The summed E-state index contributed by atoms with van der Waals surface area (Å²) in [5.74, 6) is -1.40. The van der Waals surface area contributed by atoms with Crippen molar-refractivity contribution in [1.82, 2.24) is 20.9 Å². The van der Waals surface area contributed by atoms with Gasteiger partial charge < -0.3 is 30.9 Å². The third-order valence-corrected chi connectivity index (χ3v) is 7.86. The largest absolute Gasteiger partial charge is 0.452 e. The zero-order chi connectivity index (χ0) is 27.9. The molecule has 4 amide bonds. The van der Waals surface area contributed by atoms with Crippen molar-refractivity contribution < 1.29 is 28.7 Å². The van der Waals surface area contributed by atoms with Gasteiger partial charge in [-0.1, -0.05) is 25.0 Å². The Morgan fingerprint density at radius 3 is 2.59 bits per heavy atom. The highest BCUT2D eigenvalue weighted by Crippen LogP contribution is 2.31. The van der Waals surface area contributed by atoms with Crippen molar-refractivity contribution in [1.29, 1.82) is 0 Å². The van der Waals surface area contributed by atoms with E-state index in [1.165, 1.54) is 0 Å². The zero-order valence-corrected chi connectivity index (χ0v) is 22.7. The van der Waals surface area contributed by atoms with E-state index in [1.54, 1.807) is 37.1 Å². The Balaban J connectivity index is 1.36. The second kappa shape index (κ2) is 13.1. The van der Waals surface area contributed by atoms with Gasteiger partial charge in [0.05, 0.1) is 6.04 Å². The van der Waals surface area contributed by atoms with Crippen molar-refractivity contribution in [2.24, 2.45) is 0 Å². The van der Waals surface area contributed by atoms with Crippen LogP contribution in [0.4, 0.5) is 5.69 Å². The van der Waals surface area contributed by atoms with Crippen molar-refractivity contribution in [2.75, 3.05) is 12.4 Å². The number of ether oxygens (including phenoxy) is 1. The molecule has 3 fully saturated rings. The Morgan fingerprint density at radius 2 is 1.82 bits per heavy atom. The van der Waals surface area contributed by atoms with Crippen LogP contribution in [-0.4, -0.2) is 71.8 Å². The molecule has 0 aliphatic carbocycles. The number of fused-ring (bicyclic) bond motifs is 1. The maximum atomic E-state index is 13.6. The molecular formula is C28H39N5O6. The van der Waals surface area contributed by atoms with Crippen molar-refractivity contribution in [3.63, 3.8) is 0 Å². The fourth-order valence-electron chi connectivity index (χ4n) is 5.53. The maximum Gasteiger partial charge on any atom is 0.306 e. The van der Waals surface area contributed by atoms with E-state index < -0.39 is 24.2 Å². The molecular weight excluding hydrogens is 502 g/mol. The number of hydrogen-bond donors (Lipinski definition) is 4. The normalized spacial score (nSPS) is 25.9. The van der Waals surface area contributed by atoms with E-state index in [0.29, 0.717) is 37.8 Å². The second-order valence-corrected chi connectivity index (χ2v) is 10.6. The van der Waals surface area contributed by atoms with Gasteiger partial charge in [0.15, 0.2) is 6.10 Å². The highest BCUT2D eigenvalue weighted by atomic mass is 16.5. The van der Waals surface area contributed by atoms with Crippen LogP contribution in [0.15, 0.2) is 24.3 Å². The first kappa shape index (κ1) is 28.5. The Hall–Kier alpha value is -3.47. The van der Waals surface area contributed by atoms with E-state index in [0.717, 1.165) is 31.2 Å². The third kappa shape index (κ3) is 7.14. The van der Waals surface area contributed by atoms with Gasteiger partial charge in [0.2, 0.25) is 17.7 Å². The first-order valence-electron chi connectivity index (χ1n) is 13.9. The second-order valence-electron chi connectivity index (χ2n) is 10.6. The van der Waals surface area contributed by atoms with Gasteiger partial charge in [-0.05, 0) is 70.2 Å². The molecule has 2 unspecified atom stereocenters. The summed E-state index contributed by atoms with van der Waals surface area (Å²) in [4.78, 5) is 65.0. The molecule has 11 heteroatoms. The summed E-state index contributed by atoms with van der Waals surface area (Å²) in [5, 5.41) is 11.5. The topological polar surface area (TPSA) is 146 Å². The molecule has 4 rings (SSSR count). The highest BCUT2D eigenvalue weighted by molar-refractivity contribution is 5.96. The molecule has 1 aromatic carbocycles. The van der Waals surface area contributed by atoms with Crippen LogP contribution in [0, 0.1) is 0 Å². The number of hydrogen-bond acceptors (Lipinski definition) is 7. The van der Waals surface area contributed by atoms with Crippen LogP contribution in [0.25, 0.3) is 0 Å². The lowest BCUT2D eigenvalue weighted by molar-refractivity contribution is -0.158. The van der Waals surface area contributed by atoms with E-state index >= 15 is 0 Å². The summed E-state index contributed by atoms with van der Waals surface area (Å²) in [6.07, 6.45) is 5.16. The van der Waals surface area contributed by atoms with Gasteiger partial charge in [0.25, 0.3) is 5.91 Å². The lowest BCUT2D eigenvalue weighted by Gasteiger charge is -2.35. The van der Waals surface area contributed by atoms with Crippen LogP contribution in [0.5, 0.6) is 0 Å². The van der Waals surface area contributed by atoms with Crippen molar-refractivity contribution in [3.05, 3.63) is 29.8 Å². The van der Waals surface area contributed by atoms with Crippen LogP contribution < -0.4 is 21.3 Å². The molecule has 39 heavy (non-hydrogen) atoms. The summed E-state index contributed by atoms with van der Waals surface area (Å²) in [7, 11) is 1.69. The molecule has 5 atom stereocenters. The molecule has 0 saturated carbocycles. The van der Waals surface area contributed by atoms with Crippen LogP contribution in [0.1, 0.15) is 70.3 Å². The number of cyclic esters (lactones) is 1. The summed E-state index contributed by atoms with van der Waals surface area (Å²) >= 11 is 0. The van der Waals surface area contributed by atoms with Crippen LogP contribution in [-0.2, 0) is 35.3 Å². The first-order chi connectivity index (χ1) is 18.8. The van der Waals surface area contributed by atoms with E-state index in [2.05, 4.69) is 21.3 Å². The van der Waals surface area contributed by atoms with Crippen LogP contribution in [0.2, 0.25) is 0 Å². The summed E-state index contributed by atoms with van der Waals surface area (Å²) in [6.45, 7) is 1.97. The van der Waals surface area contributed by atoms with Crippen LogP contribution >= 0.6 is 0 Å². The van der Waals surface area contributed by atoms with Gasteiger partial charge in [-0.25, -0.2) is 0 Å². The van der Waals surface area contributed by atoms with Crippen LogP contribution in [0.3, 0.4) is 0 Å². The third-order valence-electron chi connectivity index (χ3n) is 7.86.